The number of para-hydroxylation sites is 3. The Bertz CT molecular complexity index is 3340. The van der Waals surface area contributed by atoms with E-state index in [1.165, 1.54) is 33.0 Å². The van der Waals surface area contributed by atoms with Crippen molar-refractivity contribution in [1.82, 2.24) is 4.57 Å². The molecule has 1 aliphatic rings. The second-order valence-corrected chi connectivity index (χ2v) is 15.7. The van der Waals surface area contributed by atoms with Gasteiger partial charge in [-0.25, -0.2) is 0 Å². The predicted octanol–water partition coefficient (Wildman–Crippen LogP) is 14.9. The first-order valence-electron chi connectivity index (χ1n) is 19.6. The average molecular weight is 733 g/mol. The molecule has 0 aliphatic heterocycles. The third kappa shape index (κ3) is 4.68. The zero-order valence-electron chi connectivity index (χ0n) is 31.5. The van der Waals surface area contributed by atoms with E-state index >= 15 is 0 Å². The minimum absolute atomic E-state index is 0.120. The Morgan fingerprint density at radius 3 is 1.95 bits per heavy atom. The van der Waals surface area contributed by atoms with E-state index in [1.807, 2.05) is 24.3 Å². The largest absolute Gasteiger partial charge is 0.456 e. The van der Waals surface area contributed by atoms with Gasteiger partial charge in [0.1, 0.15) is 22.5 Å². The molecule has 57 heavy (non-hydrogen) atoms. The Labute approximate surface area is 329 Å². The molecular weight excluding hydrogens is 697 g/mol. The van der Waals surface area contributed by atoms with Crippen molar-refractivity contribution in [2.24, 2.45) is 0 Å². The first-order chi connectivity index (χ1) is 28.0. The standard InChI is InChI=1S/C53H36N2O2/c1-53(2)43-15-7-4-12-39(43)40-28-27-38(32-44(40)53)54(35-21-19-33(20-22-35)50-31-34-11-3-9-17-47(34)56-50)36-23-25-37(26-24-36)55-45-16-8-5-13-41(45)51-46(55)29-30-49-52(51)42-14-6-10-18-48(42)57-49/h3-32H,1-2H3. The number of hydrogen-bond donors (Lipinski definition) is 0. The maximum atomic E-state index is 6.34. The number of rotatable bonds is 5. The van der Waals surface area contributed by atoms with Crippen LogP contribution in [0.4, 0.5) is 17.1 Å². The molecule has 0 saturated carbocycles. The fourth-order valence-electron chi connectivity index (χ4n) is 9.48. The van der Waals surface area contributed by atoms with Gasteiger partial charge in [-0.05, 0) is 119 Å². The molecule has 0 unspecified atom stereocenters. The Kier molecular flexibility index (Phi) is 6.65. The van der Waals surface area contributed by atoms with Crippen molar-refractivity contribution in [3.63, 3.8) is 0 Å². The molecule has 12 rings (SSSR count). The van der Waals surface area contributed by atoms with Crippen LogP contribution in [-0.2, 0) is 5.41 Å². The summed E-state index contributed by atoms with van der Waals surface area (Å²) in [7, 11) is 0. The molecule has 4 nitrogen and oxygen atoms in total. The minimum Gasteiger partial charge on any atom is -0.456 e. The van der Waals surface area contributed by atoms with Crippen LogP contribution >= 0.6 is 0 Å². The highest BCUT2D eigenvalue weighted by molar-refractivity contribution is 6.27. The molecule has 0 atom stereocenters. The highest BCUT2D eigenvalue weighted by atomic mass is 16.3. The van der Waals surface area contributed by atoms with Gasteiger partial charge in [0.2, 0.25) is 0 Å². The van der Waals surface area contributed by atoms with Gasteiger partial charge in [-0.15, -0.1) is 0 Å². The van der Waals surface area contributed by atoms with Gasteiger partial charge in [0.25, 0.3) is 0 Å². The monoisotopic (exact) mass is 732 g/mol. The zero-order chi connectivity index (χ0) is 37.8. The molecular formula is C53H36N2O2. The highest BCUT2D eigenvalue weighted by Crippen LogP contribution is 2.51. The number of fused-ring (bicyclic) bond motifs is 11. The Hall–Kier alpha value is -7.30. The maximum Gasteiger partial charge on any atom is 0.136 e. The van der Waals surface area contributed by atoms with Gasteiger partial charge in [-0.1, -0.05) is 98.8 Å². The van der Waals surface area contributed by atoms with Crippen LogP contribution in [-0.4, -0.2) is 4.57 Å². The van der Waals surface area contributed by atoms with E-state index in [0.717, 1.165) is 78.0 Å². The Morgan fingerprint density at radius 2 is 1.12 bits per heavy atom. The fraction of sp³-hybridized carbons (Fsp3) is 0.0566. The van der Waals surface area contributed by atoms with Crippen LogP contribution < -0.4 is 4.90 Å². The molecule has 4 heteroatoms. The van der Waals surface area contributed by atoms with E-state index < -0.39 is 0 Å². The summed E-state index contributed by atoms with van der Waals surface area (Å²) in [6, 6.07) is 65.2. The number of benzene rings is 8. The molecule has 270 valence electrons. The summed E-state index contributed by atoms with van der Waals surface area (Å²) < 4.78 is 15.0. The van der Waals surface area contributed by atoms with E-state index in [1.54, 1.807) is 0 Å². The van der Waals surface area contributed by atoms with Crippen LogP contribution in [0.15, 0.2) is 191 Å². The fourth-order valence-corrected chi connectivity index (χ4v) is 9.48. The number of aromatic nitrogens is 1. The molecule has 3 aromatic heterocycles. The van der Waals surface area contributed by atoms with E-state index in [9.17, 15) is 0 Å². The highest BCUT2D eigenvalue weighted by Gasteiger charge is 2.35. The van der Waals surface area contributed by atoms with Crippen molar-refractivity contribution in [2.75, 3.05) is 4.90 Å². The summed E-state index contributed by atoms with van der Waals surface area (Å²) in [4.78, 5) is 2.37. The molecule has 8 aromatic carbocycles. The quantitative estimate of drug-likeness (QED) is 0.177. The summed E-state index contributed by atoms with van der Waals surface area (Å²) in [5, 5.41) is 5.82. The molecule has 0 N–H and O–H groups in total. The van der Waals surface area contributed by atoms with Crippen LogP contribution in [0.25, 0.3) is 82.9 Å². The van der Waals surface area contributed by atoms with Crippen LogP contribution in [0.1, 0.15) is 25.0 Å². The van der Waals surface area contributed by atoms with Crippen LogP contribution in [0.2, 0.25) is 0 Å². The molecule has 0 bridgehead atoms. The number of anilines is 3. The first kappa shape index (κ1) is 32.0. The van der Waals surface area contributed by atoms with E-state index in [2.05, 4.69) is 181 Å². The van der Waals surface area contributed by atoms with Crippen LogP contribution in [0.5, 0.6) is 0 Å². The van der Waals surface area contributed by atoms with Crippen molar-refractivity contribution in [1.29, 1.82) is 0 Å². The smallest absolute Gasteiger partial charge is 0.136 e. The summed E-state index contributed by atoms with van der Waals surface area (Å²) in [5.74, 6) is 0.863. The lowest BCUT2D eigenvalue weighted by Gasteiger charge is -2.28. The van der Waals surface area contributed by atoms with Crippen molar-refractivity contribution >= 4 is 71.8 Å². The van der Waals surface area contributed by atoms with Gasteiger partial charge >= 0.3 is 0 Å². The third-order valence-electron chi connectivity index (χ3n) is 12.2. The third-order valence-corrected chi connectivity index (χ3v) is 12.2. The summed E-state index contributed by atoms with van der Waals surface area (Å²) >= 11 is 0. The van der Waals surface area contributed by atoms with Crippen molar-refractivity contribution < 1.29 is 8.83 Å². The molecule has 0 fully saturated rings. The van der Waals surface area contributed by atoms with Gasteiger partial charge in [0.15, 0.2) is 0 Å². The molecule has 0 radical (unpaired) electrons. The lowest BCUT2D eigenvalue weighted by atomic mass is 9.82. The van der Waals surface area contributed by atoms with Gasteiger partial charge in [0, 0.05) is 60.7 Å². The second kappa shape index (κ2) is 11.8. The first-order valence-corrected chi connectivity index (χ1v) is 19.6. The topological polar surface area (TPSA) is 34.5 Å². The number of nitrogens with zero attached hydrogens (tertiary/aromatic N) is 2. The van der Waals surface area contributed by atoms with E-state index in [0.29, 0.717) is 0 Å². The normalized spacial score (nSPS) is 13.2. The molecule has 1 aliphatic carbocycles. The molecule has 0 spiro atoms. The lowest BCUT2D eigenvalue weighted by Crippen LogP contribution is -2.16. The van der Waals surface area contributed by atoms with E-state index in [4.69, 9.17) is 8.83 Å². The zero-order valence-corrected chi connectivity index (χ0v) is 31.5. The lowest BCUT2D eigenvalue weighted by molar-refractivity contribution is 0.631. The second-order valence-electron chi connectivity index (χ2n) is 15.7. The van der Waals surface area contributed by atoms with Gasteiger partial charge < -0.3 is 18.3 Å². The van der Waals surface area contributed by atoms with Gasteiger partial charge in [-0.2, -0.15) is 0 Å². The van der Waals surface area contributed by atoms with E-state index in [-0.39, 0.29) is 5.41 Å². The Balaban J connectivity index is 1.01. The molecule has 0 saturated heterocycles. The minimum atomic E-state index is -0.120. The summed E-state index contributed by atoms with van der Waals surface area (Å²) in [5.41, 5.74) is 15.6. The number of furan rings is 2. The summed E-state index contributed by atoms with van der Waals surface area (Å²) in [6.07, 6.45) is 0. The molecule has 11 aromatic rings. The molecule has 0 amide bonds. The van der Waals surface area contributed by atoms with Gasteiger partial charge in [-0.3, -0.25) is 0 Å². The average Bonchev–Trinajstić information content (AvgIpc) is 4.00. The Morgan fingerprint density at radius 1 is 0.456 bits per heavy atom. The van der Waals surface area contributed by atoms with Crippen LogP contribution in [0.3, 0.4) is 0 Å². The van der Waals surface area contributed by atoms with Crippen molar-refractivity contribution in [3.8, 4) is 28.1 Å². The SMILES string of the molecule is CC1(C)c2ccccc2-c2ccc(N(c3ccc(-c4cc5ccccc5o4)cc3)c3ccc(-n4c5ccccc5c5c6c(ccc54)oc4ccccc46)cc3)cc21. The van der Waals surface area contributed by atoms with Gasteiger partial charge in [0.05, 0.1) is 11.0 Å². The maximum absolute atomic E-state index is 6.34. The predicted molar refractivity (Wildman–Crippen MR) is 236 cm³/mol. The van der Waals surface area contributed by atoms with Crippen molar-refractivity contribution in [2.45, 2.75) is 19.3 Å². The number of hydrogen-bond acceptors (Lipinski definition) is 3. The van der Waals surface area contributed by atoms with Crippen molar-refractivity contribution in [3.05, 3.63) is 193 Å². The summed E-state index contributed by atoms with van der Waals surface area (Å²) in [6.45, 7) is 4.68. The molecule has 3 heterocycles. The van der Waals surface area contributed by atoms with Crippen LogP contribution in [0, 0.1) is 0 Å².